The van der Waals surface area contributed by atoms with Crippen molar-refractivity contribution in [2.45, 2.75) is 33.1 Å². The van der Waals surface area contributed by atoms with Gasteiger partial charge in [-0.2, -0.15) is 0 Å². The van der Waals surface area contributed by atoms with Gasteiger partial charge in [-0.05, 0) is 30.5 Å². The minimum Gasteiger partial charge on any atom is -0.309 e. The van der Waals surface area contributed by atoms with E-state index in [2.05, 4.69) is 52.3 Å². The smallest absolute Gasteiger partial charge is 0.309 e. The maximum absolute atomic E-state index is 12.7. The van der Waals surface area contributed by atoms with Gasteiger partial charge in [0.25, 0.3) is 0 Å². The summed E-state index contributed by atoms with van der Waals surface area (Å²) in [6.45, 7) is 10.8. The van der Waals surface area contributed by atoms with Crippen LogP contribution in [0.3, 0.4) is 0 Å². The minimum absolute atomic E-state index is 0.327. The average molecular weight is 417 g/mol. The fourth-order valence-electron chi connectivity index (χ4n) is 3.70. The largest absolute Gasteiger partial charge is 0.335 e. The van der Waals surface area contributed by atoms with Crippen LogP contribution in [0.2, 0.25) is 0 Å². The lowest BCUT2D eigenvalue weighted by molar-refractivity contribution is 0.122. The van der Waals surface area contributed by atoms with Crippen LogP contribution in [-0.4, -0.2) is 49.2 Å². The number of piperazine rings is 1. The number of hydrogen-bond donors (Lipinski definition) is 0. The Morgan fingerprint density at radius 3 is 1.66 bits per heavy atom. The van der Waals surface area contributed by atoms with E-state index < -0.39 is 7.60 Å². The molecule has 1 aliphatic rings. The number of hydrogen-bond acceptors (Lipinski definition) is 5. The Labute approximate surface area is 175 Å². The molecule has 29 heavy (non-hydrogen) atoms. The molecule has 1 fully saturated rings. The Hall–Kier alpha value is -1.49. The van der Waals surface area contributed by atoms with Gasteiger partial charge in [0, 0.05) is 39.3 Å². The van der Waals surface area contributed by atoms with E-state index in [1.165, 1.54) is 11.1 Å². The maximum Gasteiger partial charge on any atom is 0.335 e. The van der Waals surface area contributed by atoms with Crippen molar-refractivity contribution < 1.29 is 13.6 Å². The molecule has 0 radical (unpaired) electrons. The molecule has 5 nitrogen and oxygen atoms in total. The Morgan fingerprint density at radius 2 is 1.17 bits per heavy atom. The fourth-order valence-corrected chi connectivity index (χ4v) is 5.40. The van der Waals surface area contributed by atoms with Gasteiger partial charge >= 0.3 is 7.60 Å². The summed E-state index contributed by atoms with van der Waals surface area (Å²) >= 11 is 0. The van der Waals surface area contributed by atoms with Gasteiger partial charge in [-0.1, -0.05) is 54.6 Å². The van der Waals surface area contributed by atoms with Gasteiger partial charge in [0.15, 0.2) is 0 Å². The highest BCUT2D eigenvalue weighted by atomic mass is 31.2. The second kappa shape index (κ2) is 11.1. The van der Waals surface area contributed by atoms with Gasteiger partial charge in [0.05, 0.1) is 19.4 Å². The van der Waals surface area contributed by atoms with E-state index in [1.807, 2.05) is 26.0 Å². The predicted molar refractivity (Wildman–Crippen MR) is 118 cm³/mol. The molecule has 0 aliphatic carbocycles. The first-order valence-electron chi connectivity index (χ1n) is 10.5. The van der Waals surface area contributed by atoms with Crippen LogP contribution in [0.1, 0.15) is 30.5 Å². The molecule has 0 unspecified atom stereocenters. The van der Waals surface area contributed by atoms with Gasteiger partial charge < -0.3 is 9.05 Å². The highest BCUT2D eigenvalue weighted by Gasteiger charge is 2.24. The molecule has 2 aromatic carbocycles. The molecule has 0 saturated carbocycles. The Bertz CT molecular complexity index is 764. The van der Waals surface area contributed by atoms with Gasteiger partial charge in [-0.25, -0.2) is 0 Å². The fraction of sp³-hybridized carbons (Fsp3) is 0.478. The average Bonchev–Trinajstić information content (AvgIpc) is 2.72. The minimum atomic E-state index is -3.04. The lowest BCUT2D eigenvalue weighted by atomic mass is 10.1. The zero-order valence-electron chi connectivity index (χ0n) is 17.6. The van der Waals surface area contributed by atoms with E-state index in [1.54, 1.807) is 0 Å². The predicted octanol–water partition coefficient (Wildman–Crippen LogP) is 4.77. The quantitative estimate of drug-likeness (QED) is 0.522. The van der Waals surface area contributed by atoms with Crippen molar-refractivity contribution in [2.75, 3.05) is 39.4 Å². The highest BCUT2D eigenvalue weighted by Crippen LogP contribution is 2.51. The van der Waals surface area contributed by atoms with Crippen molar-refractivity contribution in [2.24, 2.45) is 0 Å². The van der Waals surface area contributed by atoms with E-state index in [0.29, 0.717) is 19.4 Å². The zero-order valence-corrected chi connectivity index (χ0v) is 18.5. The Balaban J connectivity index is 1.47. The Morgan fingerprint density at radius 1 is 0.724 bits per heavy atom. The molecule has 0 spiro atoms. The van der Waals surface area contributed by atoms with Crippen LogP contribution < -0.4 is 0 Å². The van der Waals surface area contributed by atoms with E-state index in [-0.39, 0.29) is 0 Å². The van der Waals surface area contributed by atoms with E-state index in [9.17, 15) is 4.57 Å². The van der Waals surface area contributed by atoms with Crippen molar-refractivity contribution in [3.8, 4) is 0 Å². The van der Waals surface area contributed by atoms with Crippen molar-refractivity contribution in [1.82, 2.24) is 9.80 Å². The molecule has 0 bridgehead atoms. The first-order valence-corrected chi connectivity index (χ1v) is 12.3. The standard InChI is InChI=1S/C23H33N2O3P/c1-3-27-29(26,28-4-2)20-23-12-10-22(11-13-23)19-25-16-14-24(15-17-25)18-21-8-6-5-7-9-21/h5-13H,3-4,14-20H2,1-2H3. The molecule has 0 atom stereocenters. The monoisotopic (exact) mass is 416 g/mol. The normalized spacial score (nSPS) is 16.2. The summed E-state index contributed by atoms with van der Waals surface area (Å²) in [4.78, 5) is 5.02. The van der Waals surface area contributed by atoms with Crippen molar-refractivity contribution in [3.05, 3.63) is 71.3 Å². The molecule has 6 heteroatoms. The van der Waals surface area contributed by atoms with E-state index in [0.717, 1.165) is 44.8 Å². The lowest BCUT2D eigenvalue weighted by Gasteiger charge is -2.34. The third kappa shape index (κ3) is 7.06. The summed E-state index contributed by atoms with van der Waals surface area (Å²) in [6, 6.07) is 19.0. The number of rotatable bonds is 10. The molecule has 3 rings (SSSR count). The summed E-state index contributed by atoms with van der Waals surface area (Å²) < 4.78 is 23.5. The molecule has 1 saturated heterocycles. The summed E-state index contributed by atoms with van der Waals surface area (Å²) in [7, 11) is -3.04. The van der Waals surface area contributed by atoms with Crippen LogP contribution in [-0.2, 0) is 32.9 Å². The maximum atomic E-state index is 12.7. The van der Waals surface area contributed by atoms with Crippen LogP contribution in [0.5, 0.6) is 0 Å². The van der Waals surface area contributed by atoms with E-state index in [4.69, 9.17) is 9.05 Å². The van der Waals surface area contributed by atoms with Crippen LogP contribution >= 0.6 is 7.60 Å². The molecule has 0 N–H and O–H groups in total. The first-order chi connectivity index (χ1) is 14.1. The molecule has 0 amide bonds. The first kappa shape index (κ1) is 22.2. The Kier molecular flexibility index (Phi) is 8.46. The summed E-state index contributed by atoms with van der Waals surface area (Å²) in [5.41, 5.74) is 3.66. The SMILES string of the molecule is CCOP(=O)(Cc1ccc(CN2CCN(Cc3ccccc3)CC2)cc1)OCC. The number of nitrogens with zero attached hydrogens (tertiary/aromatic N) is 2. The second-order valence-electron chi connectivity index (χ2n) is 7.46. The highest BCUT2D eigenvalue weighted by molar-refractivity contribution is 7.53. The van der Waals surface area contributed by atoms with Gasteiger partial charge in [0.1, 0.15) is 0 Å². The molecule has 0 aromatic heterocycles. The van der Waals surface area contributed by atoms with Crippen LogP contribution in [0.15, 0.2) is 54.6 Å². The van der Waals surface area contributed by atoms with Crippen molar-refractivity contribution in [1.29, 1.82) is 0 Å². The van der Waals surface area contributed by atoms with E-state index >= 15 is 0 Å². The van der Waals surface area contributed by atoms with Crippen molar-refractivity contribution >= 4 is 7.60 Å². The van der Waals surface area contributed by atoms with Gasteiger partial charge in [-0.15, -0.1) is 0 Å². The molecule has 158 valence electrons. The second-order valence-corrected chi connectivity index (χ2v) is 9.51. The number of benzene rings is 2. The topological polar surface area (TPSA) is 42.0 Å². The third-order valence-electron chi connectivity index (χ3n) is 5.17. The summed E-state index contributed by atoms with van der Waals surface area (Å²) in [5.74, 6) is 0. The van der Waals surface area contributed by atoms with Gasteiger partial charge in [0.2, 0.25) is 0 Å². The zero-order chi connectivity index (χ0) is 20.5. The molecular formula is C23H33N2O3P. The lowest BCUT2D eigenvalue weighted by Crippen LogP contribution is -2.45. The molecule has 1 aliphatic heterocycles. The van der Waals surface area contributed by atoms with Crippen molar-refractivity contribution in [3.63, 3.8) is 0 Å². The molecule has 2 aromatic rings. The van der Waals surface area contributed by atoms with Crippen LogP contribution in [0, 0.1) is 0 Å². The van der Waals surface area contributed by atoms with Crippen LogP contribution in [0.4, 0.5) is 0 Å². The third-order valence-corrected chi connectivity index (χ3v) is 7.23. The van der Waals surface area contributed by atoms with Gasteiger partial charge in [-0.3, -0.25) is 14.4 Å². The summed E-state index contributed by atoms with van der Waals surface area (Å²) in [6.07, 6.45) is 0.327. The molecule has 1 heterocycles. The summed E-state index contributed by atoms with van der Waals surface area (Å²) in [5, 5.41) is 0. The van der Waals surface area contributed by atoms with Crippen LogP contribution in [0.25, 0.3) is 0 Å². The molecular weight excluding hydrogens is 383 g/mol.